The Hall–Kier alpha value is -10.2. The first-order valence-electron chi connectivity index (χ1n) is 36.9. The van der Waals surface area contributed by atoms with Crippen LogP contribution in [0.2, 0.25) is 0 Å². The van der Waals surface area contributed by atoms with Crippen molar-refractivity contribution >= 4 is 77.9 Å². The van der Waals surface area contributed by atoms with Crippen molar-refractivity contribution in [3.8, 4) is 50.2 Å². The van der Waals surface area contributed by atoms with Gasteiger partial charge >= 0.3 is 0 Å². The third kappa shape index (κ3) is 10.5. The summed E-state index contributed by atoms with van der Waals surface area (Å²) in [6, 6.07) is 79.0. The Kier molecular flexibility index (Phi) is 12.8. The molecule has 2 aliphatic rings. The van der Waals surface area contributed by atoms with E-state index < -0.39 is 11.5 Å². The van der Waals surface area contributed by atoms with Crippen LogP contribution in [0.3, 0.4) is 0 Å². The standard InChI is InChI=1S/C93H87N3O/c1-89(2,3)65-39-43-77-75(53-65)76-54-66(90(4,5)6)40-44-78(76)95(77)79-35-25-33-71-72-34-26-36-80(88(72)97-87(71)79)96-82-50-60(57-27-19-16-20-28-57)37-41-74(82)85-73-42-38-61(64-46-67(91(7,8)9)52-68(47-64)92(10,11)12)51-81(73)94(83-55-69(93(13,14)15)56-84(96)86(83)85)70-48-62(58-29-21-17-22-30-58)45-63(49-70)59-31-23-18-24-32-59/h16-56,85H,1-15H3/i16D,19D,20D,27D,28D. The van der Waals surface area contributed by atoms with Gasteiger partial charge in [-0.1, -0.05) is 274 Å². The monoisotopic (exact) mass is 1270 g/mol. The summed E-state index contributed by atoms with van der Waals surface area (Å²) in [6.07, 6.45) is 0. The smallest absolute Gasteiger partial charge is 0.159 e. The van der Waals surface area contributed by atoms with Crippen molar-refractivity contribution < 1.29 is 11.3 Å². The Morgan fingerprint density at radius 2 is 0.742 bits per heavy atom. The molecule has 1 atom stereocenters. The zero-order chi connectivity index (χ0) is 71.8. The van der Waals surface area contributed by atoms with E-state index in [1.54, 1.807) is 0 Å². The number of rotatable bonds is 7. The van der Waals surface area contributed by atoms with Crippen molar-refractivity contribution in [3.63, 3.8) is 0 Å². The SMILES string of the molecule is [2H]c1c([2H])c([2H])c(-c2ccc3c(c2)N(c2cccc4c2oc2c(-n5c6ccc(C(C)(C)C)cc6c6cc(C(C)(C)C)ccc65)cccc24)c2cc(C(C)(C)C)cc4c2C3c2ccc(-c3cc(C(C)(C)C)cc(C(C)(C)C)c3)cc2N4c2cc(-c3ccccc3)cc(-c3ccccc3)c2)c([2H])c1[2H]. The van der Waals surface area contributed by atoms with Crippen LogP contribution in [0.4, 0.5) is 34.1 Å². The molecule has 0 bridgehead atoms. The highest BCUT2D eigenvalue weighted by Gasteiger charge is 2.43. The van der Waals surface area contributed by atoms with Gasteiger partial charge < -0.3 is 18.8 Å². The number of para-hydroxylation sites is 2. The van der Waals surface area contributed by atoms with Crippen LogP contribution >= 0.6 is 0 Å². The van der Waals surface area contributed by atoms with Crippen molar-refractivity contribution in [2.75, 3.05) is 9.80 Å². The third-order valence-electron chi connectivity index (χ3n) is 20.6. The van der Waals surface area contributed by atoms with Crippen molar-refractivity contribution in [3.05, 3.63) is 293 Å². The van der Waals surface area contributed by atoms with Crippen LogP contribution in [-0.4, -0.2) is 4.57 Å². The molecule has 0 radical (unpaired) electrons. The molecular weight excluding hydrogens is 1180 g/mol. The molecule has 16 rings (SSSR count). The van der Waals surface area contributed by atoms with Gasteiger partial charge in [0.25, 0.3) is 0 Å². The largest absolute Gasteiger partial charge is 0.452 e. The maximum Gasteiger partial charge on any atom is 0.159 e. The highest BCUT2D eigenvalue weighted by atomic mass is 16.3. The minimum absolute atomic E-state index is 0.0754. The lowest BCUT2D eigenvalue weighted by Gasteiger charge is -2.46. The van der Waals surface area contributed by atoms with Crippen molar-refractivity contribution in [1.82, 2.24) is 4.57 Å². The van der Waals surface area contributed by atoms with Crippen LogP contribution in [-0.2, 0) is 27.1 Å². The molecule has 97 heavy (non-hydrogen) atoms. The topological polar surface area (TPSA) is 24.6 Å². The van der Waals surface area contributed by atoms with E-state index in [2.05, 4.69) is 331 Å². The number of aromatic nitrogens is 1. The van der Waals surface area contributed by atoms with E-state index in [-0.39, 0.29) is 57.3 Å². The predicted molar refractivity (Wildman–Crippen MR) is 414 cm³/mol. The second-order valence-electron chi connectivity index (χ2n) is 32.3. The van der Waals surface area contributed by atoms with Crippen molar-refractivity contribution in [2.24, 2.45) is 0 Å². The third-order valence-corrected chi connectivity index (χ3v) is 20.6. The highest BCUT2D eigenvalue weighted by Crippen LogP contribution is 2.63. The zero-order valence-corrected chi connectivity index (χ0v) is 58.6. The van der Waals surface area contributed by atoms with Gasteiger partial charge in [-0.05, 0) is 189 Å². The summed E-state index contributed by atoms with van der Waals surface area (Å²) in [5.74, 6) is -0.365. The first kappa shape index (κ1) is 56.1. The van der Waals surface area contributed by atoms with Gasteiger partial charge in [0.15, 0.2) is 11.2 Å². The molecule has 2 aromatic heterocycles. The summed E-state index contributed by atoms with van der Waals surface area (Å²) < 4.78 is 55.9. The van der Waals surface area contributed by atoms with Gasteiger partial charge in [0.05, 0.1) is 52.0 Å². The minimum Gasteiger partial charge on any atom is -0.452 e. The Morgan fingerprint density at radius 1 is 0.299 bits per heavy atom. The molecule has 0 N–H and O–H groups in total. The molecule has 1 unspecified atom stereocenters. The number of furan rings is 1. The fraction of sp³-hybridized carbons (Fsp3) is 0.226. The number of fused-ring (bicyclic) bond motifs is 10. The summed E-state index contributed by atoms with van der Waals surface area (Å²) in [4.78, 5) is 4.91. The maximum absolute atomic E-state index is 9.50. The molecule has 14 aromatic rings. The lowest BCUT2D eigenvalue weighted by Crippen LogP contribution is -2.30. The van der Waals surface area contributed by atoms with E-state index in [1.807, 2.05) is 6.07 Å². The molecular formula is C93H87N3O. The highest BCUT2D eigenvalue weighted by molar-refractivity contribution is 6.16. The van der Waals surface area contributed by atoms with Gasteiger partial charge in [-0.15, -0.1) is 0 Å². The minimum atomic E-state index is -0.432. The normalized spacial score (nSPS) is 14.9. The van der Waals surface area contributed by atoms with E-state index >= 15 is 0 Å². The zero-order valence-electron chi connectivity index (χ0n) is 63.6. The van der Waals surface area contributed by atoms with Gasteiger partial charge in [0.2, 0.25) is 0 Å². The summed E-state index contributed by atoms with van der Waals surface area (Å²) in [5.41, 5.74) is 26.1. The first-order valence-corrected chi connectivity index (χ1v) is 34.4. The summed E-state index contributed by atoms with van der Waals surface area (Å²) in [5, 5.41) is 4.29. The molecule has 0 aliphatic carbocycles. The maximum atomic E-state index is 9.50. The molecule has 0 spiro atoms. The van der Waals surface area contributed by atoms with Crippen molar-refractivity contribution in [1.29, 1.82) is 0 Å². The molecule has 0 saturated carbocycles. The van der Waals surface area contributed by atoms with Gasteiger partial charge in [-0.25, -0.2) is 0 Å². The van der Waals surface area contributed by atoms with Crippen LogP contribution in [0.15, 0.2) is 253 Å². The molecule has 4 heterocycles. The predicted octanol–water partition coefficient (Wildman–Crippen LogP) is 26.6. The number of benzene rings is 12. The second-order valence-corrected chi connectivity index (χ2v) is 32.3. The van der Waals surface area contributed by atoms with E-state index in [9.17, 15) is 2.74 Å². The van der Waals surface area contributed by atoms with Crippen LogP contribution in [0.25, 0.3) is 93.9 Å². The number of hydrogen-bond acceptors (Lipinski definition) is 3. The van der Waals surface area contributed by atoms with E-state index in [4.69, 9.17) is 8.53 Å². The number of hydrogen-bond donors (Lipinski definition) is 0. The van der Waals surface area contributed by atoms with Gasteiger partial charge in [0.1, 0.15) is 0 Å². The molecule has 4 heteroatoms. The average molecular weight is 1270 g/mol. The van der Waals surface area contributed by atoms with E-state index in [0.717, 1.165) is 123 Å². The molecule has 0 fully saturated rings. The number of nitrogens with zero attached hydrogens (tertiary/aromatic N) is 3. The van der Waals surface area contributed by atoms with Gasteiger partial charge in [0, 0.05) is 38.7 Å². The Labute approximate surface area is 580 Å². The lowest BCUT2D eigenvalue weighted by atomic mass is 9.73. The summed E-state index contributed by atoms with van der Waals surface area (Å²) >= 11 is 0. The van der Waals surface area contributed by atoms with Gasteiger partial charge in [-0.3, -0.25) is 0 Å². The molecule has 0 saturated heterocycles. The van der Waals surface area contributed by atoms with Crippen LogP contribution in [0.1, 0.15) is 161 Å². The average Bonchev–Trinajstić information content (AvgIpc) is 0.713. The molecule has 2 aliphatic heterocycles. The first-order chi connectivity index (χ1) is 48.3. The molecule has 0 amide bonds. The molecule has 4 nitrogen and oxygen atoms in total. The Bertz CT molecular complexity index is 5610. The Balaban J connectivity index is 1.02. The molecule has 12 aromatic carbocycles. The van der Waals surface area contributed by atoms with Crippen LogP contribution < -0.4 is 9.80 Å². The van der Waals surface area contributed by atoms with E-state index in [1.165, 1.54) is 33.0 Å². The second kappa shape index (κ2) is 22.2. The Morgan fingerprint density at radius 3 is 1.25 bits per heavy atom. The fourth-order valence-corrected chi connectivity index (χ4v) is 15.0. The lowest BCUT2D eigenvalue weighted by molar-refractivity contribution is 0.569. The van der Waals surface area contributed by atoms with Crippen molar-refractivity contribution in [2.45, 2.75) is 137 Å². The number of anilines is 6. The fourth-order valence-electron chi connectivity index (χ4n) is 15.0. The summed E-state index contributed by atoms with van der Waals surface area (Å²) in [7, 11) is 0. The van der Waals surface area contributed by atoms with E-state index in [0.29, 0.717) is 11.1 Å². The quantitative estimate of drug-likeness (QED) is 0.159. The van der Waals surface area contributed by atoms with Crippen LogP contribution in [0, 0.1) is 0 Å². The van der Waals surface area contributed by atoms with Crippen LogP contribution in [0.5, 0.6) is 0 Å². The summed E-state index contributed by atoms with van der Waals surface area (Å²) in [6.45, 7) is 34.3. The molecule has 480 valence electrons. The van der Waals surface area contributed by atoms with Gasteiger partial charge in [-0.2, -0.15) is 0 Å².